The number of carbonyl (C=O) groups is 4. The van der Waals surface area contributed by atoms with Crippen LogP contribution in [0.3, 0.4) is 0 Å². The molecule has 4 aromatic rings. The summed E-state index contributed by atoms with van der Waals surface area (Å²) < 4.78 is 25.0. The minimum atomic E-state index is -0.669. The summed E-state index contributed by atoms with van der Waals surface area (Å²) in [5.41, 5.74) is 3.85. The lowest BCUT2D eigenvalue weighted by Gasteiger charge is -2.38. The maximum absolute atomic E-state index is 13.7. The number of aliphatic hydroxyl groups excluding tert-OH is 2. The van der Waals surface area contributed by atoms with E-state index < -0.39 is 47.8 Å². The summed E-state index contributed by atoms with van der Waals surface area (Å²) >= 11 is 0. The quantitative estimate of drug-likeness (QED) is 0.160. The van der Waals surface area contributed by atoms with Gasteiger partial charge in [-0.2, -0.15) is 0 Å². The first kappa shape index (κ1) is 47.2. The molecule has 12 rings (SSSR count). The first-order valence-electron chi connectivity index (χ1n) is 24.9. The zero-order valence-electron chi connectivity index (χ0n) is 40.1. The minimum absolute atomic E-state index is 0.0192. The van der Waals surface area contributed by atoms with E-state index in [0.29, 0.717) is 45.5 Å². The molecular formula is C54H58N6O12. The Hall–Kier alpha value is -7.18. The van der Waals surface area contributed by atoms with Gasteiger partial charge < -0.3 is 58.7 Å². The van der Waals surface area contributed by atoms with Crippen molar-refractivity contribution in [2.75, 3.05) is 26.8 Å². The third kappa shape index (κ3) is 8.23. The lowest BCUT2D eigenvalue weighted by atomic mass is 9.86. The van der Waals surface area contributed by atoms with E-state index in [2.05, 4.69) is 10.6 Å². The Morgan fingerprint density at radius 2 is 0.986 bits per heavy atom. The van der Waals surface area contributed by atoms with Crippen molar-refractivity contribution in [1.29, 1.82) is 0 Å². The second-order valence-corrected chi connectivity index (χ2v) is 19.9. The Morgan fingerprint density at radius 1 is 0.583 bits per heavy atom. The highest BCUT2D eigenvalue weighted by molar-refractivity contribution is 5.87. The van der Waals surface area contributed by atoms with Crippen molar-refractivity contribution in [2.45, 2.75) is 89.9 Å². The number of ether oxygens (including phenoxy) is 4. The number of fused-ring (bicyclic) bond motifs is 10. The summed E-state index contributed by atoms with van der Waals surface area (Å²) in [6, 6.07) is 16.2. The third-order valence-corrected chi connectivity index (χ3v) is 15.6. The first-order chi connectivity index (χ1) is 35.0. The molecule has 6 aliphatic heterocycles. The zero-order chi connectivity index (χ0) is 49.9. The Kier molecular flexibility index (Phi) is 12.5. The summed E-state index contributed by atoms with van der Waals surface area (Å²) in [5.74, 6) is -0.194. The summed E-state index contributed by atoms with van der Waals surface area (Å²) in [4.78, 5) is 84.2. The minimum Gasteiger partial charge on any atom is -0.454 e. The summed E-state index contributed by atoms with van der Waals surface area (Å²) in [5, 5.41) is 26.8. The molecule has 18 nitrogen and oxygen atoms in total. The maximum Gasteiger partial charge on any atom is 0.258 e. The summed E-state index contributed by atoms with van der Waals surface area (Å²) in [6.07, 6.45) is 10.5. The van der Waals surface area contributed by atoms with Gasteiger partial charge in [-0.25, -0.2) is 0 Å². The van der Waals surface area contributed by atoms with Crippen molar-refractivity contribution in [3.63, 3.8) is 0 Å². The number of pyridine rings is 2. The average Bonchev–Trinajstić information content (AvgIpc) is 4.29. The van der Waals surface area contributed by atoms with Crippen LogP contribution in [-0.2, 0) is 45.4 Å². The van der Waals surface area contributed by atoms with Crippen LogP contribution in [0.25, 0.3) is 12.2 Å². The Labute approximate surface area is 414 Å². The second kappa shape index (κ2) is 19.1. The number of aromatic nitrogens is 2. The van der Waals surface area contributed by atoms with E-state index in [1.165, 1.54) is 0 Å². The van der Waals surface area contributed by atoms with Gasteiger partial charge >= 0.3 is 0 Å². The molecule has 8 atom stereocenters. The Morgan fingerprint density at radius 3 is 1.36 bits per heavy atom. The van der Waals surface area contributed by atoms with Crippen LogP contribution < -0.4 is 40.7 Å². The van der Waals surface area contributed by atoms with E-state index >= 15 is 0 Å². The number of nitrogens with zero attached hydrogens (tertiary/aromatic N) is 4. The van der Waals surface area contributed by atoms with Crippen LogP contribution in [0.1, 0.15) is 85.3 Å². The fourth-order valence-corrected chi connectivity index (χ4v) is 11.9. The standard InChI is InChI=1S/2C27H29N3O6/c2*1-2-3-16-7-8-19-24-23(25(32)28-11-15-4-9-21-22(10-15)36-14-35-21)18(13-31)20(12-29(19)26(16)33)30(24)27(34)17-5-6-17/h2*2-4,7-10,17-18,20,23-24,31H,5-6,11-14H2,1H3,(H,28,32)/b3-2+;3-2-/t2*18-,20-,23+,24+/m00/s1. The molecular weight excluding hydrogens is 925 g/mol. The lowest BCUT2D eigenvalue weighted by molar-refractivity contribution is -0.139. The van der Waals surface area contributed by atoms with E-state index in [1.807, 2.05) is 74.5 Å². The van der Waals surface area contributed by atoms with E-state index in [0.717, 1.165) is 36.8 Å². The van der Waals surface area contributed by atoms with Gasteiger partial charge in [-0.1, -0.05) is 36.4 Å². The van der Waals surface area contributed by atoms with E-state index in [9.17, 15) is 39.0 Å². The maximum atomic E-state index is 13.7. The molecule has 18 heteroatoms. The summed E-state index contributed by atoms with van der Waals surface area (Å²) in [6.45, 7) is 4.64. The highest BCUT2D eigenvalue weighted by atomic mass is 16.7. The fourth-order valence-electron chi connectivity index (χ4n) is 11.9. The van der Waals surface area contributed by atoms with Gasteiger partial charge in [0.15, 0.2) is 23.0 Å². The van der Waals surface area contributed by atoms with E-state index in [1.54, 1.807) is 43.2 Å². The smallest absolute Gasteiger partial charge is 0.258 e. The molecule has 8 aliphatic rings. The monoisotopic (exact) mass is 982 g/mol. The lowest BCUT2D eigenvalue weighted by Crippen LogP contribution is -2.49. The number of carbonyl (C=O) groups excluding carboxylic acids is 4. The average molecular weight is 983 g/mol. The number of aliphatic hydroxyl groups is 2. The number of rotatable bonds is 12. The number of amides is 4. The van der Waals surface area contributed by atoms with Crippen molar-refractivity contribution < 1.29 is 48.3 Å². The van der Waals surface area contributed by atoms with E-state index in [-0.39, 0.29) is 99.6 Å². The van der Waals surface area contributed by atoms with Gasteiger partial charge in [0, 0.05) is 85.6 Å². The van der Waals surface area contributed by atoms with E-state index in [4.69, 9.17) is 18.9 Å². The number of hydrogen-bond donors (Lipinski definition) is 4. The molecule has 4 amide bonds. The topological polar surface area (TPSA) is 220 Å². The van der Waals surface area contributed by atoms with Gasteiger partial charge in [-0.3, -0.25) is 28.8 Å². The molecule has 2 aliphatic carbocycles. The molecule has 0 unspecified atom stereocenters. The van der Waals surface area contributed by atoms with Crippen LogP contribution in [0, 0.1) is 35.5 Å². The van der Waals surface area contributed by atoms with Gasteiger partial charge in [0.25, 0.3) is 11.1 Å². The molecule has 0 spiro atoms. The highest BCUT2D eigenvalue weighted by Gasteiger charge is 2.60. The van der Waals surface area contributed by atoms with Crippen molar-refractivity contribution >= 4 is 35.8 Å². The SMILES string of the molecule is C/C=C/c1ccc2n(c1=O)C[C@H]1[C@H](CO)[C@@H](C(=O)NCc3ccc4c(c3)OCO4)[C@@H]2N1C(=O)C1CC1.C/C=C\c1ccc2n(c1=O)C[C@H]1[C@H](CO)[C@@H](C(=O)NCc3ccc4c(c3)OCO4)[C@@H]2N1C(=O)C1CC1. The van der Waals surface area contributed by atoms with Gasteiger partial charge in [0.2, 0.25) is 37.2 Å². The molecule has 2 aromatic heterocycles. The molecule has 2 saturated heterocycles. The number of benzene rings is 2. The van der Waals surface area contributed by atoms with Crippen molar-refractivity contribution in [1.82, 2.24) is 29.6 Å². The van der Waals surface area contributed by atoms with Crippen molar-refractivity contribution in [2.24, 2.45) is 35.5 Å². The predicted molar refractivity (Wildman–Crippen MR) is 260 cm³/mol. The van der Waals surface area contributed by atoms with Crippen LogP contribution in [-0.4, -0.2) is 91.7 Å². The number of allylic oxidation sites excluding steroid dienone is 2. The van der Waals surface area contributed by atoms with Gasteiger partial charge in [0.05, 0.1) is 36.0 Å². The number of hydrogen-bond acceptors (Lipinski definition) is 12. The van der Waals surface area contributed by atoms with Crippen LogP contribution in [0.4, 0.5) is 0 Å². The third-order valence-electron chi connectivity index (χ3n) is 15.6. The van der Waals surface area contributed by atoms with Crippen LogP contribution in [0.5, 0.6) is 23.0 Å². The molecule has 4 bridgehead atoms. The fraction of sp³-hybridized carbons (Fsp3) is 0.444. The first-order valence-corrected chi connectivity index (χ1v) is 24.9. The molecule has 8 heterocycles. The van der Waals surface area contributed by atoms with Gasteiger partial charge in [-0.15, -0.1) is 0 Å². The molecule has 2 saturated carbocycles. The molecule has 4 fully saturated rings. The molecule has 0 radical (unpaired) electrons. The van der Waals surface area contributed by atoms with Crippen LogP contribution in [0.15, 0.2) is 82.4 Å². The van der Waals surface area contributed by atoms with Crippen molar-refractivity contribution in [3.05, 3.63) is 127 Å². The largest absolute Gasteiger partial charge is 0.454 e. The number of nitrogens with one attached hydrogen (secondary N) is 2. The predicted octanol–water partition coefficient (Wildman–Crippen LogP) is 3.65. The Balaban J connectivity index is 0.000000156. The normalized spacial score (nSPS) is 25.8. The molecule has 72 heavy (non-hydrogen) atoms. The molecule has 4 N–H and O–H groups in total. The molecule has 2 aromatic carbocycles. The Bertz CT molecular complexity index is 2830. The van der Waals surface area contributed by atoms with Crippen LogP contribution in [0.2, 0.25) is 0 Å². The highest BCUT2D eigenvalue weighted by Crippen LogP contribution is 2.52. The molecule has 376 valence electrons. The summed E-state index contributed by atoms with van der Waals surface area (Å²) in [7, 11) is 0. The second-order valence-electron chi connectivity index (χ2n) is 19.9. The van der Waals surface area contributed by atoms with Crippen molar-refractivity contribution in [3.8, 4) is 23.0 Å². The van der Waals surface area contributed by atoms with Crippen LogP contribution >= 0.6 is 0 Å². The van der Waals surface area contributed by atoms with Gasteiger partial charge in [-0.05, 0) is 99.2 Å². The van der Waals surface area contributed by atoms with Gasteiger partial charge in [0.1, 0.15) is 0 Å². The zero-order valence-corrected chi connectivity index (χ0v) is 40.1.